The van der Waals surface area contributed by atoms with Crippen LogP contribution in [-0.2, 0) is 4.79 Å². The Bertz CT molecular complexity index is 450. The Hall–Kier alpha value is -0.910. The van der Waals surface area contributed by atoms with Crippen molar-refractivity contribution < 1.29 is 9.59 Å². The molecule has 0 saturated heterocycles. The maximum Gasteiger partial charge on any atom is 0.220 e. The Balaban J connectivity index is 1.76. The number of nitrogens with one attached hydrogen (secondary N) is 1. The predicted molar refractivity (Wildman–Crippen MR) is 83.1 cm³/mol. The lowest BCUT2D eigenvalue weighted by molar-refractivity contribution is -0.121. The molecule has 1 aromatic carbocycles. The van der Waals surface area contributed by atoms with Gasteiger partial charge >= 0.3 is 0 Å². The maximum atomic E-state index is 11.9. The van der Waals surface area contributed by atoms with Crippen LogP contribution in [0.5, 0.6) is 0 Å². The number of carbonyl (C=O) groups excluding carboxylic acids is 2. The van der Waals surface area contributed by atoms with Crippen LogP contribution >= 0.6 is 22.6 Å². The topological polar surface area (TPSA) is 46.2 Å². The minimum atomic E-state index is 0.00533. The van der Waals surface area contributed by atoms with Gasteiger partial charge in [0.1, 0.15) is 0 Å². The van der Waals surface area contributed by atoms with Crippen LogP contribution in [0.3, 0.4) is 0 Å². The molecule has 19 heavy (non-hydrogen) atoms. The van der Waals surface area contributed by atoms with Gasteiger partial charge in [-0.05, 0) is 47.6 Å². The second-order valence-corrected chi connectivity index (χ2v) is 6.22. The van der Waals surface area contributed by atoms with Crippen molar-refractivity contribution in [2.24, 2.45) is 0 Å². The fourth-order valence-corrected chi connectivity index (χ4v) is 2.74. The van der Waals surface area contributed by atoms with Gasteiger partial charge in [-0.3, -0.25) is 9.59 Å². The fraction of sp³-hybridized carbons (Fsp3) is 0.467. The normalized spacial score (nSPS) is 15.4. The number of ketones is 1. The lowest BCUT2D eigenvalue weighted by Crippen LogP contribution is -2.32. The van der Waals surface area contributed by atoms with E-state index in [4.69, 9.17) is 0 Å². The van der Waals surface area contributed by atoms with Crippen molar-refractivity contribution in [3.8, 4) is 0 Å². The molecule has 1 fully saturated rings. The molecule has 0 aliphatic heterocycles. The smallest absolute Gasteiger partial charge is 0.220 e. The number of benzene rings is 1. The van der Waals surface area contributed by atoms with Gasteiger partial charge in [0.15, 0.2) is 5.78 Å². The number of halogens is 1. The van der Waals surface area contributed by atoms with Crippen molar-refractivity contribution in [3.63, 3.8) is 0 Å². The summed E-state index contributed by atoms with van der Waals surface area (Å²) in [6, 6.07) is 7.79. The molecule has 0 aromatic heterocycles. The first-order valence-electron chi connectivity index (χ1n) is 6.73. The van der Waals surface area contributed by atoms with Crippen LogP contribution in [0, 0.1) is 3.57 Å². The van der Waals surface area contributed by atoms with Crippen LogP contribution < -0.4 is 5.32 Å². The molecule has 1 aromatic rings. The number of hydrogen-bond acceptors (Lipinski definition) is 2. The highest BCUT2D eigenvalue weighted by molar-refractivity contribution is 14.1. The molecule has 0 unspecified atom stereocenters. The van der Waals surface area contributed by atoms with E-state index in [1.165, 1.54) is 12.8 Å². The molecule has 1 aliphatic carbocycles. The van der Waals surface area contributed by atoms with Gasteiger partial charge < -0.3 is 5.32 Å². The summed E-state index contributed by atoms with van der Waals surface area (Å²) in [5, 5.41) is 3.00. The highest BCUT2D eigenvalue weighted by atomic mass is 127. The number of rotatable bonds is 5. The van der Waals surface area contributed by atoms with E-state index >= 15 is 0 Å². The predicted octanol–water partition coefficient (Wildman–Crippen LogP) is 3.31. The molecule has 1 amide bonds. The molecule has 4 heteroatoms. The minimum Gasteiger partial charge on any atom is -0.353 e. The summed E-state index contributed by atoms with van der Waals surface area (Å²) in [6.07, 6.45) is 5.15. The van der Waals surface area contributed by atoms with Crippen LogP contribution in [0.15, 0.2) is 24.3 Å². The Morgan fingerprint density at radius 3 is 2.37 bits per heavy atom. The van der Waals surface area contributed by atoms with E-state index in [1.54, 1.807) is 0 Å². The molecule has 2 rings (SSSR count). The summed E-state index contributed by atoms with van der Waals surface area (Å²) in [7, 11) is 0. The Labute approximate surface area is 127 Å². The molecule has 1 aliphatic rings. The molecule has 0 atom stereocenters. The van der Waals surface area contributed by atoms with E-state index < -0.39 is 0 Å². The number of amides is 1. The van der Waals surface area contributed by atoms with Gasteiger partial charge in [0.25, 0.3) is 0 Å². The zero-order valence-corrected chi connectivity index (χ0v) is 13.0. The number of Topliss-reactive ketones (excluding diaryl/α,β-unsaturated/α-hetero) is 1. The zero-order chi connectivity index (χ0) is 13.7. The second kappa shape index (κ2) is 7.03. The van der Waals surface area contributed by atoms with Crippen molar-refractivity contribution >= 4 is 34.3 Å². The first-order valence-corrected chi connectivity index (χ1v) is 7.81. The highest BCUT2D eigenvalue weighted by Gasteiger charge is 2.17. The Morgan fingerprint density at radius 2 is 1.74 bits per heavy atom. The number of carbonyl (C=O) groups is 2. The van der Waals surface area contributed by atoms with E-state index in [0.29, 0.717) is 24.4 Å². The molecule has 0 radical (unpaired) electrons. The van der Waals surface area contributed by atoms with Crippen molar-refractivity contribution in [1.82, 2.24) is 5.32 Å². The first kappa shape index (κ1) is 14.5. The molecule has 102 valence electrons. The Kier molecular flexibility index (Phi) is 5.36. The highest BCUT2D eigenvalue weighted by Crippen LogP contribution is 2.18. The van der Waals surface area contributed by atoms with Gasteiger partial charge in [0.05, 0.1) is 0 Å². The van der Waals surface area contributed by atoms with Gasteiger partial charge in [-0.2, -0.15) is 0 Å². The average Bonchev–Trinajstić information content (AvgIpc) is 2.89. The molecule has 3 nitrogen and oxygen atoms in total. The van der Waals surface area contributed by atoms with E-state index in [0.717, 1.165) is 16.4 Å². The first-order chi connectivity index (χ1) is 9.15. The van der Waals surface area contributed by atoms with E-state index in [-0.39, 0.29) is 11.7 Å². The van der Waals surface area contributed by atoms with Crippen LogP contribution in [0.25, 0.3) is 0 Å². The van der Waals surface area contributed by atoms with Crippen LogP contribution in [-0.4, -0.2) is 17.7 Å². The summed E-state index contributed by atoms with van der Waals surface area (Å²) in [6.45, 7) is 0. The second-order valence-electron chi connectivity index (χ2n) is 4.98. The molecule has 1 N–H and O–H groups in total. The summed E-state index contributed by atoms with van der Waals surface area (Å²) in [4.78, 5) is 23.6. The average molecular weight is 371 g/mol. The Morgan fingerprint density at radius 1 is 1.11 bits per heavy atom. The molecule has 0 heterocycles. The molecular weight excluding hydrogens is 353 g/mol. The van der Waals surface area contributed by atoms with Crippen LogP contribution in [0.4, 0.5) is 0 Å². The molecule has 0 bridgehead atoms. The van der Waals surface area contributed by atoms with Crippen LogP contribution in [0.2, 0.25) is 0 Å². The van der Waals surface area contributed by atoms with Crippen molar-refractivity contribution in [3.05, 3.63) is 33.4 Å². The third kappa shape index (κ3) is 4.60. The monoisotopic (exact) mass is 371 g/mol. The van der Waals surface area contributed by atoms with Crippen molar-refractivity contribution in [1.29, 1.82) is 0 Å². The molecule has 1 saturated carbocycles. The zero-order valence-electron chi connectivity index (χ0n) is 10.8. The SMILES string of the molecule is O=C(CCC(=O)c1ccc(I)cc1)NC1CCCC1. The van der Waals surface area contributed by atoms with E-state index in [2.05, 4.69) is 27.9 Å². The minimum absolute atomic E-state index is 0.00533. The van der Waals surface area contributed by atoms with E-state index in [9.17, 15) is 9.59 Å². The fourth-order valence-electron chi connectivity index (χ4n) is 2.38. The molecule has 0 spiro atoms. The largest absolute Gasteiger partial charge is 0.353 e. The third-order valence-electron chi connectivity index (χ3n) is 3.47. The summed E-state index contributed by atoms with van der Waals surface area (Å²) in [5.41, 5.74) is 0.689. The molecular formula is C15H18INO2. The van der Waals surface area contributed by atoms with Crippen molar-refractivity contribution in [2.45, 2.75) is 44.6 Å². The standard InChI is InChI=1S/C15H18INO2/c16-12-7-5-11(6-8-12)14(18)9-10-15(19)17-13-3-1-2-4-13/h5-8,13H,1-4,9-10H2,(H,17,19). The van der Waals surface area contributed by atoms with Gasteiger partial charge in [-0.25, -0.2) is 0 Å². The van der Waals surface area contributed by atoms with E-state index in [1.807, 2.05) is 24.3 Å². The van der Waals surface area contributed by atoms with Gasteiger partial charge in [-0.1, -0.05) is 25.0 Å². The summed E-state index contributed by atoms with van der Waals surface area (Å²) < 4.78 is 1.10. The maximum absolute atomic E-state index is 11.9. The quantitative estimate of drug-likeness (QED) is 0.638. The van der Waals surface area contributed by atoms with Gasteiger partial charge in [0, 0.05) is 28.0 Å². The van der Waals surface area contributed by atoms with Crippen LogP contribution in [0.1, 0.15) is 48.9 Å². The number of hydrogen-bond donors (Lipinski definition) is 1. The van der Waals surface area contributed by atoms with Crippen molar-refractivity contribution in [2.75, 3.05) is 0 Å². The lowest BCUT2D eigenvalue weighted by Gasteiger charge is -2.11. The third-order valence-corrected chi connectivity index (χ3v) is 4.18. The summed E-state index contributed by atoms with van der Waals surface area (Å²) >= 11 is 2.20. The van der Waals surface area contributed by atoms with Gasteiger partial charge in [0.2, 0.25) is 5.91 Å². The lowest BCUT2D eigenvalue weighted by atomic mass is 10.1. The van der Waals surface area contributed by atoms with Gasteiger partial charge in [-0.15, -0.1) is 0 Å². The summed E-state index contributed by atoms with van der Waals surface area (Å²) in [5.74, 6) is 0.0451.